The van der Waals surface area contributed by atoms with E-state index in [0.717, 1.165) is 48.5 Å². The molecule has 0 spiro atoms. The van der Waals surface area contributed by atoms with Gasteiger partial charge in [0.05, 0.1) is 39.5 Å². The van der Waals surface area contributed by atoms with Gasteiger partial charge in [0.15, 0.2) is 0 Å². The van der Waals surface area contributed by atoms with E-state index in [2.05, 4.69) is 68.5 Å². The second-order valence-corrected chi connectivity index (χ2v) is 8.07. The zero-order valence-corrected chi connectivity index (χ0v) is 17.7. The van der Waals surface area contributed by atoms with Crippen LogP contribution >= 0.6 is 15.9 Å². The number of quaternary nitrogens is 1. The highest BCUT2D eigenvalue weighted by Crippen LogP contribution is 2.21. The summed E-state index contributed by atoms with van der Waals surface area (Å²) < 4.78 is 6.45. The fourth-order valence-electron chi connectivity index (χ4n) is 3.77. The number of nitrogens with one attached hydrogen (secondary N) is 1. The van der Waals surface area contributed by atoms with E-state index in [0.29, 0.717) is 0 Å². The average Bonchev–Trinajstić information content (AvgIpc) is 2.74. The maximum absolute atomic E-state index is 5.42. The van der Waals surface area contributed by atoms with Crippen molar-refractivity contribution in [1.82, 2.24) is 5.01 Å². The second kappa shape index (κ2) is 8.76. The Morgan fingerprint density at radius 3 is 2.68 bits per heavy atom. The fraction of sp³-hybridized carbons (Fsp3) is 0.261. The molecule has 0 unspecified atom stereocenters. The molecule has 4 nitrogen and oxygen atoms in total. The van der Waals surface area contributed by atoms with Crippen molar-refractivity contribution in [3.63, 3.8) is 0 Å². The summed E-state index contributed by atoms with van der Waals surface area (Å²) in [5.74, 6) is 0.840. The van der Waals surface area contributed by atoms with E-state index in [1.54, 1.807) is 12.0 Å². The van der Waals surface area contributed by atoms with Crippen molar-refractivity contribution in [3.05, 3.63) is 76.3 Å². The second-order valence-electron chi connectivity index (χ2n) is 7.15. The molecule has 0 atom stereocenters. The van der Waals surface area contributed by atoms with Crippen LogP contribution in [0.5, 0.6) is 5.75 Å². The third-order valence-electron chi connectivity index (χ3n) is 5.32. The van der Waals surface area contributed by atoms with Crippen LogP contribution in [0.2, 0.25) is 0 Å². The Morgan fingerprint density at radius 1 is 1.07 bits per heavy atom. The molecule has 4 rings (SSSR count). The van der Waals surface area contributed by atoms with Crippen LogP contribution in [0.3, 0.4) is 0 Å². The topological polar surface area (TPSA) is 29.3 Å². The summed E-state index contributed by atoms with van der Waals surface area (Å²) in [6, 6.07) is 21.3. The molecule has 3 aromatic rings. The first-order valence-electron chi connectivity index (χ1n) is 9.65. The van der Waals surface area contributed by atoms with E-state index in [4.69, 9.17) is 4.74 Å². The highest BCUT2D eigenvalue weighted by molar-refractivity contribution is 9.10. The van der Waals surface area contributed by atoms with Crippen LogP contribution in [-0.2, 0) is 6.54 Å². The quantitative estimate of drug-likeness (QED) is 0.618. The number of halogens is 1. The number of hydrazone groups is 1. The maximum Gasteiger partial charge on any atom is 0.127 e. The number of piperazine rings is 1. The van der Waals surface area contributed by atoms with Gasteiger partial charge < -0.3 is 9.64 Å². The van der Waals surface area contributed by atoms with Crippen LogP contribution in [0.15, 0.2) is 70.2 Å². The van der Waals surface area contributed by atoms with Crippen molar-refractivity contribution in [1.29, 1.82) is 0 Å². The van der Waals surface area contributed by atoms with E-state index in [-0.39, 0.29) is 0 Å². The number of fused-ring (bicyclic) bond motifs is 1. The number of benzene rings is 3. The minimum atomic E-state index is 0.840. The lowest BCUT2D eigenvalue weighted by molar-refractivity contribution is -0.918. The van der Waals surface area contributed by atoms with Gasteiger partial charge in [-0.2, -0.15) is 5.10 Å². The molecule has 0 bridgehead atoms. The molecule has 1 aliphatic heterocycles. The van der Waals surface area contributed by atoms with Gasteiger partial charge >= 0.3 is 0 Å². The molecule has 1 N–H and O–H groups in total. The monoisotopic (exact) mass is 438 g/mol. The standard InChI is InChI=1S/C23H24BrN3O/c1-28-23-10-9-21(24)15-20(23)16-25-27-13-11-26(12-14-27)17-19-7-4-6-18-5-2-3-8-22(18)19/h2-10,15-16H,11-14,17H2,1H3/p+1/b25-16-. The predicted octanol–water partition coefficient (Wildman–Crippen LogP) is 3.35. The van der Waals surface area contributed by atoms with Crippen molar-refractivity contribution in [2.75, 3.05) is 33.3 Å². The molecule has 0 aliphatic carbocycles. The van der Waals surface area contributed by atoms with Crippen molar-refractivity contribution in [2.24, 2.45) is 5.10 Å². The summed E-state index contributed by atoms with van der Waals surface area (Å²) in [4.78, 5) is 1.61. The van der Waals surface area contributed by atoms with Crippen molar-refractivity contribution >= 4 is 32.9 Å². The van der Waals surface area contributed by atoms with Gasteiger partial charge in [0.25, 0.3) is 0 Å². The predicted molar refractivity (Wildman–Crippen MR) is 118 cm³/mol. The van der Waals surface area contributed by atoms with E-state index < -0.39 is 0 Å². The number of rotatable bonds is 5. The third kappa shape index (κ3) is 4.37. The Balaban J connectivity index is 1.38. The summed E-state index contributed by atoms with van der Waals surface area (Å²) in [6.45, 7) is 5.19. The molecule has 0 aromatic heterocycles. The van der Waals surface area contributed by atoms with E-state index in [1.807, 2.05) is 24.4 Å². The fourth-order valence-corrected chi connectivity index (χ4v) is 4.15. The molecule has 144 valence electrons. The largest absolute Gasteiger partial charge is 0.496 e. The van der Waals surface area contributed by atoms with E-state index in [9.17, 15) is 0 Å². The molecular weight excluding hydrogens is 414 g/mol. The molecule has 0 radical (unpaired) electrons. The molecule has 1 fully saturated rings. The summed E-state index contributed by atoms with van der Waals surface area (Å²) >= 11 is 3.51. The SMILES string of the molecule is COc1ccc(Br)cc1/C=N\N1CC[NH+](Cc2cccc3ccccc23)CC1. The number of ether oxygens (including phenoxy) is 1. The van der Waals surface area contributed by atoms with Gasteiger partial charge in [-0.1, -0.05) is 58.4 Å². The van der Waals surface area contributed by atoms with Crippen LogP contribution in [0.25, 0.3) is 10.8 Å². The normalized spacial score (nSPS) is 15.4. The summed E-state index contributed by atoms with van der Waals surface area (Å²) in [5, 5.41) is 9.55. The Hall–Kier alpha value is -2.37. The number of hydrogen-bond acceptors (Lipinski definition) is 3. The average molecular weight is 439 g/mol. The lowest BCUT2D eigenvalue weighted by Gasteiger charge is -2.30. The maximum atomic E-state index is 5.42. The van der Waals surface area contributed by atoms with Crippen molar-refractivity contribution < 1.29 is 9.64 Å². The lowest BCUT2D eigenvalue weighted by Crippen LogP contribution is -3.13. The zero-order valence-electron chi connectivity index (χ0n) is 16.1. The molecule has 3 aromatic carbocycles. The summed E-state index contributed by atoms with van der Waals surface area (Å²) in [5.41, 5.74) is 2.42. The molecule has 0 saturated carbocycles. The summed E-state index contributed by atoms with van der Waals surface area (Å²) in [7, 11) is 1.69. The molecule has 0 amide bonds. The Labute approximate surface area is 174 Å². The molecule has 1 saturated heterocycles. The molecule has 5 heteroatoms. The number of nitrogens with zero attached hydrogens (tertiary/aromatic N) is 2. The minimum absolute atomic E-state index is 0.840. The Bertz CT molecular complexity index is 975. The molecular formula is C23H25BrN3O+. The van der Waals surface area contributed by atoms with Crippen LogP contribution in [0.1, 0.15) is 11.1 Å². The first-order chi connectivity index (χ1) is 13.7. The van der Waals surface area contributed by atoms with Gasteiger partial charge in [-0.05, 0) is 29.0 Å². The van der Waals surface area contributed by atoms with Crippen LogP contribution in [-0.4, -0.2) is 44.5 Å². The Kier molecular flexibility index (Phi) is 5.93. The smallest absolute Gasteiger partial charge is 0.127 e. The Morgan fingerprint density at radius 2 is 1.86 bits per heavy atom. The lowest BCUT2D eigenvalue weighted by atomic mass is 10.0. The van der Waals surface area contributed by atoms with E-state index >= 15 is 0 Å². The number of hydrogen-bond donors (Lipinski definition) is 1. The summed E-state index contributed by atoms with van der Waals surface area (Å²) in [6.07, 6.45) is 1.90. The van der Waals surface area contributed by atoms with E-state index in [1.165, 1.54) is 16.3 Å². The first-order valence-corrected chi connectivity index (χ1v) is 10.4. The number of methoxy groups -OCH3 is 1. The molecule has 1 heterocycles. The van der Waals surface area contributed by atoms with Crippen LogP contribution in [0.4, 0.5) is 0 Å². The van der Waals surface area contributed by atoms with Gasteiger partial charge in [-0.15, -0.1) is 0 Å². The van der Waals surface area contributed by atoms with Gasteiger partial charge in [0.2, 0.25) is 0 Å². The zero-order chi connectivity index (χ0) is 19.3. The first kappa shape index (κ1) is 19.0. The van der Waals surface area contributed by atoms with Crippen LogP contribution < -0.4 is 9.64 Å². The van der Waals surface area contributed by atoms with Crippen molar-refractivity contribution in [2.45, 2.75) is 6.54 Å². The van der Waals surface area contributed by atoms with Crippen LogP contribution in [0, 0.1) is 0 Å². The van der Waals surface area contributed by atoms with Crippen molar-refractivity contribution in [3.8, 4) is 5.75 Å². The van der Waals surface area contributed by atoms with Gasteiger partial charge in [-0.25, -0.2) is 0 Å². The van der Waals surface area contributed by atoms with Gasteiger partial charge in [0, 0.05) is 15.6 Å². The minimum Gasteiger partial charge on any atom is -0.496 e. The van der Waals surface area contributed by atoms with Gasteiger partial charge in [-0.3, -0.25) is 5.01 Å². The highest BCUT2D eigenvalue weighted by atomic mass is 79.9. The molecule has 28 heavy (non-hydrogen) atoms. The highest BCUT2D eigenvalue weighted by Gasteiger charge is 2.19. The third-order valence-corrected chi connectivity index (χ3v) is 5.81. The molecule has 1 aliphatic rings. The van der Waals surface area contributed by atoms with Gasteiger partial charge in [0.1, 0.15) is 12.3 Å².